The van der Waals surface area contributed by atoms with Gasteiger partial charge < -0.3 is 0 Å². The van der Waals surface area contributed by atoms with Crippen molar-refractivity contribution in [2.75, 3.05) is 0 Å². The molecule has 7 aromatic rings. The molecule has 0 saturated carbocycles. The van der Waals surface area contributed by atoms with Crippen molar-refractivity contribution in [1.29, 1.82) is 0 Å². The topological polar surface area (TPSA) is 25.8 Å². The van der Waals surface area contributed by atoms with Crippen LogP contribution in [0, 0.1) is 0 Å². The molecule has 0 radical (unpaired) electrons. The molecule has 8 rings (SSSR count). The minimum atomic E-state index is -1.99. The Hall–Kier alpha value is -4.60. The van der Waals surface area contributed by atoms with Crippen molar-refractivity contribution in [2.24, 2.45) is 0 Å². The fourth-order valence-corrected chi connectivity index (χ4v) is 9.44. The van der Waals surface area contributed by atoms with Crippen LogP contribution in [-0.2, 0) is 0 Å². The van der Waals surface area contributed by atoms with E-state index < -0.39 is 8.07 Å². The average molecular weight is 515 g/mol. The largest absolute Gasteiger partial charge is 0.237 e. The monoisotopic (exact) mass is 514 g/mol. The van der Waals surface area contributed by atoms with Crippen molar-refractivity contribution >= 4 is 50.9 Å². The molecule has 3 heteroatoms. The number of nitrogens with zero attached hydrogens (tertiary/aromatic N) is 2. The molecule has 184 valence electrons. The Morgan fingerprint density at radius 3 is 1.74 bits per heavy atom. The van der Waals surface area contributed by atoms with Gasteiger partial charge in [0.15, 0.2) is 5.82 Å². The fourth-order valence-electron chi connectivity index (χ4n) is 6.52. The lowest BCUT2D eigenvalue weighted by Crippen LogP contribution is -2.50. The zero-order valence-electron chi connectivity index (χ0n) is 21.9. The Morgan fingerprint density at radius 2 is 1.05 bits per heavy atom. The maximum Gasteiger partial charge on any atom is 0.159 e. The molecule has 0 atom stereocenters. The molecule has 0 fully saturated rings. The molecule has 0 amide bonds. The van der Waals surface area contributed by atoms with Gasteiger partial charge in [0.25, 0.3) is 0 Å². The molecule has 0 bridgehead atoms. The zero-order chi connectivity index (χ0) is 26.1. The smallest absolute Gasteiger partial charge is 0.159 e. The second-order valence-corrected chi connectivity index (χ2v) is 15.3. The third-order valence-corrected chi connectivity index (χ3v) is 11.7. The van der Waals surface area contributed by atoms with Crippen LogP contribution in [-0.4, -0.2) is 18.0 Å². The van der Waals surface area contributed by atoms with Gasteiger partial charge in [0.2, 0.25) is 0 Å². The molecule has 6 aromatic carbocycles. The maximum atomic E-state index is 5.38. The Labute approximate surface area is 228 Å². The van der Waals surface area contributed by atoms with Crippen LogP contribution in [0.25, 0.3) is 66.1 Å². The minimum absolute atomic E-state index is 0.806. The number of hydrogen-bond donors (Lipinski definition) is 0. The van der Waals surface area contributed by atoms with Crippen molar-refractivity contribution in [3.05, 3.63) is 121 Å². The highest BCUT2D eigenvalue weighted by molar-refractivity contribution is 7.03. The SMILES string of the molecule is C[Si]1(C)c2ccccc2-c2c(-c3ccccc3)nc(-c3ccc4c5ccccc5c5ccccc5c4c3)nc21. The third-order valence-electron chi connectivity index (χ3n) is 8.42. The van der Waals surface area contributed by atoms with E-state index in [1.165, 1.54) is 53.9 Å². The lowest BCUT2D eigenvalue weighted by molar-refractivity contribution is 1.21. The summed E-state index contributed by atoms with van der Waals surface area (Å²) < 4.78 is 0. The van der Waals surface area contributed by atoms with E-state index >= 15 is 0 Å². The van der Waals surface area contributed by atoms with Gasteiger partial charge in [0, 0.05) is 22.0 Å². The quantitative estimate of drug-likeness (QED) is 0.172. The number of benzene rings is 6. The van der Waals surface area contributed by atoms with Crippen molar-refractivity contribution in [1.82, 2.24) is 9.97 Å². The molecule has 0 unspecified atom stereocenters. The molecule has 0 N–H and O–H groups in total. The van der Waals surface area contributed by atoms with E-state index in [1.54, 1.807) is 0 Å². The van der Waals surface area contributed by atoms with Crippen molar-refractivity contribution in [3.63, 3.8) is 0 Å². The van der Waals surface area contributed by atoms with Gasteiger partial charge in [0.05, 0.1) is 5.69 Å². The molecule has 2 heterocycles. The first kappa shape index (κ1) is 22.4. The average Bonchev–Trinajstić information content (AvgIpc) is 3.23. The highest BCUT2D eigenvalue weighted by Crippen LogP contribution is 2.39. The van der Waals surface area contributed by atoms with Gasteiger partial charge in [-0.3, -0.25) is 0 Å². The van der Waals surface area contributed by atoms with Crippen LogP contribution >= 0.6 is 0 Å². The first-order valence-electron chi connectivity index (χ1n) is 13.5. The van der Waals surface area contributed by atoms with Gasteiger partial charge in [-0.05, 0) is 49.1 Å². The Morgan fingerprint density at radius 1 is 0.487 bits per heavy atom. The maximum absolute atomic E-state index is 5.38. The van der Waals surface area contributed by atoms with Crippen LogP contribution in [0.5, 0.6) is 0 Å². The molecule has 2 nitrogen and oxygen atoms in total. The van der Waals surface area contributed by atoms with Crippen LogP contribution in [0.1, 0.15) is 0 Å². The van der Waals surface area contributed by atoms with Gasteiger partial charge in [-0.1, -0.05) is 128 Å². The summed E-state index contributed by atoms with van der Waals surface area (Å²) in [7, 11) is -1.99. The lowest BCUT2D eigenvalue weighted by Gasteiger charge is -2.19. The molecule has 39 heavy (non-hydrogen) atoms. The normalized spacial score (nSPS) is 13.6. The number of fused-ring (bicyclic) bond motifs is 9. The van der Waals surface area contributed by atoms with E-state index in [9.17, 15) is 0 Å². The second kappa shape index (κ2) is 8.20. The number of aromatic nitrogens is 2. The summed E-state index contributed by atoms with van der Waals surface area (Å²) in [6.45, 7) is 4.84. The summed E-state index contributed by atoms with van der Waals surface area (Å²) in [4.78, 5) is 10.7. The first-order chi connectivity index (χ1) is 19.1. The minimum Gasteiger partial charge on any atom is -0.237 e. The van der Waals surface area contributed by atoms with Crippen molar-refractivity contribution in [3.8, 4) is 33.8 Å². The standard InChI is InChI=1S/C36H26N2Si/c1-39(2)32-19-11-10-18-30(32)33-34(23-12-4-3-5-13-23)37-35(38-36(33)39)24-20-21-29-27-16-7-6-14-25(27)26-15-8-9-17-28(26)31(29)22-24/h3-22H,1-2H3. The van der Waals surface area contributed by atoms with Gasteiger partial charge in [-0.25, -0.2) is 9.97 Å². The summed E-state index contributed by atoms with van der Waals surface area (Å²) in [5.74, 6) is 0.806. The van der Waals surface area contributed by atoms with Gasteiger partial charge in [0.1, 0.15) is 8.07 Å². The molecular formula is C36H26N2Si. The van der Waals surface area contributed by atoms with Crippen molar-refractivity contribution in [2.45, 2.75) is 13.1 Å². The summed E-state index contributed by atoms with van der Waals surface area (Å²) in [6.07, 6.45) is 0. The van der Waals surface area contributed by atoms with E-state index in [4.69, 9.17) is 9.97 Å². The van der Waals surface area contributed by atoms with Crippen LogP contribution in [0.15, 0.2) is 121 Å². The first-order valence-corrected chi connectivity index (χ1v) is 16.5. The van der Waals surface area contributed by atoms with E-state index in [1.807, 2.05) is 0 Å². The summed E-state index contributed by atoms with van der Waals surface area (Å²) in [5.41, 5.74) is 5.74. The van der Waals surface area contributed by atoms with E-state index in [0.717, 1.165) is 22.6 Å². The molecule has 0 aliphatic carbocycles. The lowest BCUT2D eigenvalue weighted by atomic mass is 9.93. The third kappa shape index (κ3) is 3.20. The van der Waals surface area contributed by atoms with E-state index in [0.29, 0.717) is 0 Å². The van der Waals surface area contributed by atoms with Crippen LogP contribution in [0.3, 0.4) is 0 Å². The van der Waals surface area contributed by atoms with Crippen LogP contribution < -0.4 is 10.5 Å². The predicted molar refractivity (Wildman–Crippen MR) is 168 cm³/mol. The van der Waals surface area contributed by atoms with Gasteiger partial charge in [-0.2, -0.15) is 0 Å². The summed E-state index contributed by atoms with van der Waals surface area (Å²) in [5, 5.41) is 10.3. The molecular weight excluding hydrogens is 488 g/mol. The van der Waals surface area contributed by atoms with Gasteiger partial charge in [-0.15, -0.1) is 0 Å². The molecule has 1 aliphatic rings. The summed E-state index contributed by atoms with van der Waals surface area (Å²) in [6, 6.07) is 43.7. The Bertz CT molecular complexity index is 2060. The molecule has 1 aromatic heterocycles. The van der Waals surface area contributed by atoms with E-state index in [2.05, 4.69) is 134 Å². The molecule has 0 saturated heterocycles. The second-order valence-electron chi connectivity index (χ2n) is 11.0. The van der Waals surface area contributed by atoms with Crippen LogP contribution in [0.2, 0.25) is 13.1 Å². The summed E-state index contributed by atoms with van der Waals surface area (Å²) >= 11 is 0. The highest BCUT2D eigenvalue weighted by Gasteiger charge is 2.41. The molecule has 1 aliphatic heterocycles. The number of rotatable bonds is 2. The zero-order valence-corrected chi connectivity index (χ0v) is 22.9. The Kier molecular flexibility index (Phi) is 4.70. The predicted octanol–water partition coefficient (Wildman–Crippen LogP) is 8.07. The Balaban J connectivity index is 1.44. The van der Waals surface area contributed by atoms with E-state index in [-0.39, 0.29) is 0 Å². The molecule has 0 spiro atoms. The fraction of sp³-hybridized carbons (Fsp3) is 0.0556. The van der Waals surface area contributed by atoms with Gasteiger partial charge >= 0.3 is 0 Å². The van der Waals surface area contributed by atoms with Crippen LogP contribution in [0.4, 0.5) is 0 Å². The highest BCUT2D eigenvalue weighted by atomic mass is 28.3. The van der Waals surface area contributed by atoms with Crippen molar-refractivity contribution < 1.29 is 0 Å². The number of hydrogen-bond acceptors (Lipinski definition) is 2.